The third-order valence-corrected chi connectivity index (χ3v) is 3.17. The number of benzene rings is 1. The Labute approximate surface area is 116 Å². The quantitative estimate of drug-likeness (QED) is 0.722. The Hall–Kier alpha value is -0.570. The van der Waals surface area contributed by atoms with Crippen LogP contribution in [0.4, 0.5) is 0 Å². The molecule has 1 aromatic rings. The normalized spacial score (nSPS) is 11.2. The minimum Gasteiger partial charge on any atom is -0.379 e. The highest BCUT2D eigenvalue weighted by molar-refractivity contribution is 6.31. The molecule has 102 valence electrons. The van der Waals surface area contributed by atoms with E-state index in [0.717, 1.165) is 43.1 Å². The number of hydrogen-bond donors (Lipinski definition) is 1. The zero-order valence-corrected chi connectivity index (χ0v) is 12.4. The molecule has 0 spiro atoms. The molecule has 0 saturated heterocycles. The van der Waals surface area contributed by atoms with E-state index in [1.165, 1.54) is 5.56 Å². The van der Waals surface area contributed by atoms with Crippen molar-refractivity contribution in [3.05, 3.63) is 34.3 Å². The number of hydrogen-bond acceptors (Lipinski definition) is 2. The van der Waals surface area contributed by atoms with Gasteiger partial charge in [0.15, 0.2) is 0 Å². The number of ether oxygens (including phenoxy) is 1. The molecule has 0 aliphatic heterocycles. The molecule has 0 fully saturated rings. The molecular formula is C15H24ClNO. The monoisotopic (exact) mass is 269 g/mol. The van der Waals surface area contributed by atoms with Gasteiger partial charge in [0, 0.05) is 18.2 Å². The summed E-state index contributed by atoms with van der Waals surface area (Å²) in [7, 11) is 0. The predicted molar refractivity (Wildman–Crippen MR) is 78.2 cm³/mol. The lowest BCUT2D eigenvalue weighted by Gasteiger charge is -2.08. The molecule has 0 aliphatic rings. The summed E-state index contributed by atoms with van der Waals surface area (Å²) >= 11 is 6.08. The van der Waals surface area contributed by atoms with Crippen LogP contribution >= 0.6 is 11.6 Å². The Morgan fingerprint density at radius 2 is 2.06 bits per heavy atom. The van der Waals surface area contributed by atoms with E-state index in [9.17, 15) is 0 Å². The van der Waals surface area contributed by atoms with Gasteiger partial charge < -0.3 is 10.1 Å². The summed E-state index contributed by atoms with van der Waals surface area (Å²) in [4.78, 5) is 0. The Kier molecular flexibility index (Phi) is 7.33. The summed E-state index contributed by atoms with van der Waals surface area (Å²) in [5.74, 6) is 0. The van der Waals surface area contributed by atoms with Crippen LogP contribution in [0.2, 0.25) is 5.02 Å². The van der Waals surface area contributed by atoms with Crippen LogP contribution in [0.25, 0.3) is 0 Å². The van der Waals surface area contributed by atoms with E-state index in [1.807, 2.05) is 13.0 Å². The first-order chi connectivity index (χ1) is 8.59. The van der Waals surface area contributed by atoms with Crippen LogP contribution in [0.15, 0.2) is 18.2 Å². The Morgan fingerprint density at radius 1 is 1.28 bits per heavy atom. The second kappa shape index (κ2) is 8.52. The van der Waals surface area contributed by atoms with Crippen molar-refractivity contribution < 1.29 is 4.74 Å². The summed E-state index contributed by atoms with van der Waals surface area (Å²) in [6, 6.07) is 6.22. The van der Waals surface area contributed by atoms with Crippen LogP contribution in [-0.2, 0) is 11.3 Å². The zero-order chi connectivity index (χ0) is 13.4. The standard InChI is InChI=1S/C15H24ClNO/c1-12(2)18-9-5-4-8-17-11-14-7-6-13(3)15(16)10-14/h6-7,10,12,17H,4-5,8-9,11H2,1-3H3. The number of aryl methyl sites for hydroxylation is 1. The van der Waals surface area contributed by atoms with Crippen molar-refractivity contribution in [2.75, 3.05) is 13.2 Å². The SMILES string of the molecule is Cc1ccc(CNCCCCOC(C)C)cc1Cl. The van der Waals surface area contributed by atoms with E-state index in [4.69, 9.17) is 16.3 Å². The van der Waals surface area contributed by atoms with Crippen LogP contribution < -0.4 is 5.32 Å². The van der Waals surface area contributed by atoms with Crippen molar-refractivity contribution >= 4 is 11.6 Å². The fraction of sp³-hybridized carbons (Fsp3) is 0.600. The summed E-state index contributed by atoms with van der Waals surface area (Å²) < 4.78 is 5.49. The minimum absolute atomic E-state index is 0.340. The average molecular weight is 270 g/mol. The van der Waals surface area contributed by atoms with Crippen LogP contribution in [0.1, 0.15) is 37.8 Å². The van der Waals surface area contributed by atoms with E-state index in [1.54, 1.807) is 0 Å². The molecule has 0 heterocycles. The maximum absolute atomic E-state index is 6.08. The summed E-state index contributed by atoms with van der Waals surface area (Å²) in [6.45, 7) is 8.92. The molecule has 3 heteroatoms. The van der Waals surface area contributed by atoms with Crippen LogP contribution in [-0.4, -0.2) is 19.3 Å². The molecule has 0 bridgehead atoms. The van der Waals surface area contributed by atoms with E-state index >= 15 is 0 Å². The van der Waals surface area contributed by atoms with E-state index < -0.39 is 0 Å². The van der Waals surface area contributed by atoms with Gasteiger partial charge in [-0.1, -0.05) is 23.7 Å². The van der Waals surface area contributed by atoms with Crippen molar-refractivity contribution in [2.24, 2.45) is 0 Å². The van der Waals surface area contributed by atoms with Crippen LogP contribution in [0.3, 0.4) is 0 Å². The third-order valence-electron chi connectivity index (χ3n) is 2.76. The topological polar surface area (TPSA) is 21.3 Å². The molecule has 0 amide bonds. The molecule has 0 aromatic heterocycles. The molecule has 0 atom stereocenters. The maximum atomic E-state index is 6.08. The number of halogens is 1. The fourth-order valence-corrected chi connectivity index (χ4v) is 1.85. The molecule has 18 heavy (non-hydrogen) atoms. The third kappa shape index (κ3) is 6.39. The van der Waals surface area contributed by atoms with Gasteiger partial charge >= 0.3 is 0 Å². The molecule has 0 saturated carbocycles. The van der Waals surface area contributed by atoms with E-state index in [2.05, 4.69) is 31.3 Å². The smallest absolute Gasteiger partial charge is 0.0518 e. The first-order valence-corrected chi connectivity index (χ1v) is 7.04. The average Bonchev–Trinajstić information content (AvgIpc) is 2.32. The number of rotatable bonds is 8. The van der Waals surface area contributed by atoms with E-state index in [-0.39, 0.29) is 0 Å². The molecule has 2 nitrogen and oxygen atoms in total. The Morgan fingerprint density at radius 3 is 2.72 bits per heavy atom. The maximum Gasteiger partial charge on any atom is 0.0518 e. The van der Waals surface area contributed by atoms with Crippen molar-refractivity contribution in [3.8, 4) is 0 Å². The molecule has 1 N–H and O–H groups in total. The second-order valence-electron chi connectivity index (χ2n) is 4.89. The Bertz CT molecular complexity index is 352. The summed E-state index contributed by atoms with van der Waals surface area (Å²) in [5, 5.41) is 4.27. The van der Waals surface area contributed by atoms with Crippen molar-refractivity contribution in [3.63, 3.8) is 0 Å². The zero-order valence-electron chi connectivity index (χ0n) is 11.6. The van der Waals surface area contributed by atoms with E-state index in [0.29, 0.717) is 6.10 Å². The van der Waals surface area contributed by atoms with Gasteiger partial charge in [-0.15, -0.1) is 0 Å². The second-order valence-corrected chi connectivity index (χ2v) is 5.29. The van der Waals surface area contributed by atoms with Crippen molar-refractivity contribution in [1.29, 1.82) is 0 Å². The van der Waals surface area contributed by atoms with Gasteiger partial charge in [0.05, 0.1) is 6.10 Å². The summed E-state index contributed by atoms with van der Waals surface area (Å²) in [5.41, 5.74) is 2.37. The molecule has 1 rings (SSSR count). The lowest BCUT2D eigenvalue weighted by atomic mass is 10.1. The molecule has 1 aromatic carbocycles. The minimum atomic E-state index is 0.340. The van der Waals surface area contributed by atoms with Gasteiger partial charge in [0.2, 0.25) is 0 Å². The van der Waals surface area contributed by atoms with Gasteiger partial charge in [-0.05, 0) is 57.4 Å². The number of nitrogens with one attached hydrogen (secondary N) is 1. The van der Waals surface area contributed by atoms with Gasteiger partial charge in [0.25, 0.3) is 0 Å². The van der Waals surface area contributed by atoms with Crippen molar-refractivity contribution in [1.82, 2.24) is 5.32 Å². The van der Waals surface area contributed by atoms with Crippen LogP contribution in [0, 0.1) is 6.92 Å². The summed E-state index contributed by atoms with van der Waals surface area (Å²) in [6.07, 6.45) is 2.60. The number of unbranched alkanes of at least 4 members (excludes halogenated alkanes) is 1. The predicted octanol–water partition coefficient (Wildman–Crippen LogP) is 3.94. The largest absolute Gasteiger partial charge is 0.379 e. The molecule has 0 aliphatic carbocycles. The van der Waals surface area contributed by atoms with Gasteiger partial charge in [0.1, 0.15) is 0 Å². The van der Waals surface area contributed by atoms with Gasteiger partial charge in [-0.3, -0.25) is 0 Å². The lowest BCUT2D eigenvalue weighted by molar-refractivity contribution is 0.0760. The molecular weight excluding hydrogens is 246 g/mol. The molecule has 0 unspecified atom stereocenters. The highest BCUT2D eigenvalue weighted by atomic mass is 35.5. The van der Waals surface area contributed by atoms with Gasteiger partial charge in [-0.25, -0.2) is 0 Å². The first-order valence-electron chi connectivity index (χ1n) is 6.67. The van der Waals surface area contributed by atoms with Crippen molar-refractivity contribution in [2.45, 2.75) is 46.3 Å². The highest BCUT2D eigenvalue weighted by Gasteiger charge is 1.98. The van der Waals surface area contributed by atoms with Crippen LogP contribution in [0.5, 0.6) is 0 Å². The lowest BCUT2D eigenvalue weighted by Crippen LogP contribution is -2.15. The van der Waals surface area contributed by atoms with Gasteiger partial charge in [-0.2, -0.15) is 0 Å². The Balaban J connectivity index is 2.09. The molecule has 0 radical (unpaired) electrons. The first kappa shape index (κ1) is 15.5. The highest BCUT2D eigenvalue weighted by Crippen LogP contribution is 2.16. The fourth-order valence-electron chi connectivity index (χ4n) is 1.65.